The molecule has 0 spiro atoms. The Balaban J connectivity index is 1.96. The Morgan fingerprint density at radius 3 is 2.81 bits per heavy atom. The lowest BCUT2D eigenvalue weighted by Gasteiger charge is -2.39. The topological polar surface area (TPSA) is 43.8 Å². The van der Waals surface area contributed by atoms with E-state index in [-0.39, 0.29) is 11.5 Å². The Morgan fingerprint density at radius 2 is 2.10 bits per heavy atom. The molecule has 0 saturated heterocycles. The van der Waals surface area contributed by atoms with E-state index in [2.05, 4.69) is 17.6 Å². The van der Waals surface area contributed by atoms with Crippen LogP contribution in [0.25, 0.3) is 11.0 Å². The van der Waals surface area contributed by atoms with Crippen molar-refractivity contribution >= 4 is 22.6 Å². The van der Waals surface area contributed by atoms with Crippen LogP contribution < -0.4 is 5.73 Å². The lowest BCUT2D eigenvalue weighted by Crippen LogP contribution is -2.47. The minimum absolute atomic E-state index is 0.0246. The highest BCUT2D eigenvalue weighted by atomic mass is 35.5. The summed E-state index contributed by atoms with van der Waals surface area (Å²) in [5.41, 5.74) is 8.61. The number of hydrogen-bond donors (Lipinski definition) is 1. The number of nitrogens with two attached hydrogens (primary N) is 1. The summed E-state index contributed by atoms with van der Waals surface area (Å²) in [5.74, 6) is 1.17. The molecule has 21 heavy (non-hydrogen) atoms. The zero-order valence-electron chi connectivity index (χ0n) is 12.5. The first-order valence-electron chi connectivity index (χ1n) is 8.04. The molecule has 4 rings (SSSR count). The van der Waals surface area contributed by atoms with Crippen LogP contribution in [0.15, 0.2) is 18.2 Å². The van der Waals surface area contributed by atoms with Gasteiger partial charge in [-0.15, -0.1) is 0 Å². The van der Waals surface area contributed by atoms with Crippen LogP contribution in [0.3, 0.4) is 0 Å². The van der Waals surface area contributed by atoms with Gasteiger partial charge in [-0.25, -0.2) is 4.98 Å². The third kappa shape index (κ3) is 2.01. The van der Waals surface area contributed by atoms with Crippen LogP contribution in [-0.4, -0.2) is 15.6 Å². The van der Waals surface area contributed by atoms with E-state index in [9.17, 15) is 0 Å². The molecule has 0 aliphatic heterocycles. The molecular formula is C17H22ClN3. The Bertz CT molecular complexity index is 689. The number of rotatable bonds is 2. The van der Waals surface area contributed by atoms with E-state index in [4.69, 9.17) is 22.3 Å². The quantitative estimate of drug-likeness (QED) is 0.904. The van der Waals surface area contributed by atoms with Crippen LogP contribution >= 0.6 is 11.6 Å². The van der Waals surface area contributed by atoms with Crippen molar-refractivity contribution in [2.75, 3.05) is 0 Å². The Hall–Kier alpha value is -1.06. The van der Waals surface area contributed by atoms with E-state index < -0.39 is 0 Å². The second kappa shape index (κ2) is 4.72. The summed E-state index contributed by atoms with van der Waals surface area (Å²) >= 11 is 6.48. The maximum absolute atomic E-state index is 6.51. The summed E-state index contributed by atoms with van der Waals surface area (Å²) in [4.78, 5) is 4.98. The lowest BCUT2D eigenvalue weighted by molar-refractivity contribution is 0.252. The average molecular weight is 304 g/mol. The predicted molar refractivity (Wildman–Crippen MR) is 86.8 cm³/mol. The SMILES string of the molecule is CC1(c2nc3cccc(Cl)c3n2C2CC2)CCCCC1N. The van der Waals surface area contributed by atoms with Gasteiger partial charge in [-0.1, -0.05) is 37.4 Å². The standard InChI is InChI=1S/C17H22ClN3/c1-17(10-3-2-7-14(17)19)16-20-13-6-4-5-12(18)15(13)21(16)11-8-9-11/h4-6,11,14H,2-3,7-10,19H2,1H3. The van der Waals surface area contributed by atoms with Gasteiger partial charge in [0.05, 0.1) is 16.1 Å². The number of fused-ring (bicyclic) bond motifs is 1. The highest BCUT2D eigenvalue weighted by molar-refractivity contribution is 6.35. The van der Waals surface area contributed by atoms with Crippen molar-refractivity contribution in [1.29, 1.82) is 0 Å². The van der Waals surface area contributed by atoms with Gasteiger partial charge in [0.2, 0.25) is 0 Å². The summed E-state index contributed by atoms with van der Waals surface area (Å²) in [6, 6.07) is 6.79. The molecule has 2 aromatic rings. The third-order valence-electron chi connectivity index (χ3n) is 5.36. The molecule has 1 aromatic carbocycles. The zero-order chi connectivity index (χ0) is 14.6. The highest BCUT2D eigenvalue weighted by Crippen LogP contribution is 2.46. The monoisotopic (exact) mass is 303 g/mol. The Labute approximate surface area is 130 Å². The first kappa shape index (κ1) is 13.6. The fourth-order valence-corrected chi connectivity index (χ4v) is 4.10. The second-order valence-corrected chi connectivity index (χ2v) is 7.32. The molecule has 3 nitrogen and oxygen atoms in total. The minimum atomic E-state index is -0.0246. The second-order valence-electron chi connectivity index (χ2n) is 6.91. The maximum Gasteiger partial charge on any atom is 0.117 e. The Kier molecular flexibility index (Phi) is 3.05. The number of halogens is 1. The number of nitrogens with zero attached hydrogens (tertiary/aromatic N) is 2. The smallest absolute Gasteiger partial charge is 0.117 e. The van der Waals surface area contributed by atoms with Crippen LogP contribution in [0.5, 0.6) is 0 Å². The van der Waals surface area contributed by atoms with Gasteiger partial charge in [-0.3, -0.25) is 0 Å². The number of aromatic nitrogens is 2. The molecule has 2 atom stereocenters. The van der Waals surface area contributed by atoms with Crippen LogP contribution in [0.1, 0.15) is 57.3 Å². The minimum Gasteiger partial charge on any atom is -0.327 e. The maximum atomic E-state index is 6.51. The van der Waals surface area contributed by atoms with Gasteiger partial charge in [0, 0.05) is 17.5 Å². The molecule has 2 unspecified atom stereocenters. The summed E-state index contributed by atoms with van der Waals surface area (Å²) in [6.45, 7) is 2.30. The van der Waals surface area contributed by atoms with Crippen LogP contribution in [-0.2, 0) is 5.41 Å². The third-order valence-corrected chi connectivity index (χ3v) is 5.67. The molecule has 4 heteroatoms. The zero-order valence-corrected chi connectivity index (χ0v) is 13.2. The van der Waals surface area contributed by atoms with Gasteiger partial charge in [0.1, 0.15) is 5.82 Å². The van der Waals surface area contributed by atoms with Crippen molar-refractivity contribution in [3.05, 3.63) is 29.0 Å². The molecule has 0 bridgehead atoms. The summed E-state index contributed by atoms with van der Waals surface area (Å²) in [6.07, 6.45) is 7.16. The highest BCUT2D eigenvalue weighted by Gasteiger charge is 2.42. The normalized spacial score (nSPS) is 30.0. The summed E-state index contributed by atoms with van der Waals surface area (Å²) in [7, 11) is 0. The fourth-order valence-electron chi connectivity index (χ4n) is 3.84. The largest absolute Gasteiger partial charge is 0.327 e. The number of benzene rings is 1. The van der Waals surface area contributed by atoms with Gasteiger partial charge in [0.25, 0.3) is 0 Å². The molecule has 112 valence electrons. The van der Waals surface area contributed by atoms with E-state index >= 15 is 0 Å². The molecule has 0 radical (unpaired) electrons. The molecular weight excluding hydrogens is 282 g/mol. The van der Waals surface area contributed by atoms with Crippen molar-refractivity contribution in [2.45, 2.75) is 62.9 Å². The fraction of sp³-hybridized carbons (Fsp3) is 0.588. The molecule has 2 N–H and O–H groups in total. The molecule has 2 fully saturated rings. The summed E-state index contributed by atoms with van der Waals surface area (Å²) < 4.78 is 2.41. The molecule has 2 aliphatic rings. The van der Waals surface area contributed by atoms with Crippen molar-refractivity contribution in [3.8, 4) is 0 Å². The van der Waals surface area contributed by atoms with Crippen molar-refractivity contribution in [3.63, 3.8) is 0 Å². The molecule has 1 heterocycles. The summed E-state index contributed by atoms with van der Waals surface area (Å²) in [5, 5.41) is 0.811. The first-order chi connectivity index (χ1) is 10.1. The average Bonchev–Trinajstić information content (AvgIpc) is 3.22. The number of para-hydroxylation sites is 1. The number of imidazole rings is 1. The van der Waals surface area contributed by atoms with Crippen molar-refractivity contribution in [1.82, 2.24) is 9.55 Å². The van der Waals surface area contributed by atoms with Gasteiger partial charge < -0.3 is 10.3 Å². The predicted octanol–water partition coefficient (Wildman–Crippen LogP) is 4.18. The van der Waals surface area contributed by atoms with Crippen LogP contribution in [0.4, 0.5) is 0 Å². The first-order valence-corrected chi connectivity index (χ1v) is 8.41. The van der Waals surface area contributed by atoms with Gasteiger partial charge in [0.15, 0.2) is 0 Å². The van der Waals surface area contributed by atoms with E-state index in [1.165, 1.54) is 31.5 Å². The van der Waals surface area contributed by atoms with Crippen molar-refractivity contribution in [2.24, 2.45) is 5.73 Å². The van der Waals surface area contributed by atoms with E-state index in [0.29, 0.717) is 6.04 Å². The molecule has 1 aromatic heterocycles. The lowest BCUT2D eigenvalue weighted by atomic mass is 9.71. The van der Waals surface area contributed by atoms with Gasteiger partial charge >= 0.3 is 0 Å². The number of hydrogen-bond acceptors (Lipinski definition) is 2. The Morgan fingerprint density at radius 1 is 1.29 bits per heavy atom. The van der Waals surface area contributed by atoms with E-state index in [1.807, 2.05) is 12.1 Å². The van der Waals surface area contributed by atoms with E-state index in [1.54, 1.807) is 0 Å². The van der Waals surface area contributed by atoms with Gasteiger partial charge in [-0.2, -0.15) is 0 Å². The molecule has 2 saturated carbocycles. The van der Waals surface area contributed by atoms with Crippen LogP contribution in [0.2, 0.25) is 5.02 Å². The van der Waals surface area contributed by atoms with E-state index in [0.717, 1.165) is 28.9 Å². The van der Waals surface area contributed by atoms with Crippen LogP contribution in [0, 0.1) is 0 Å². The molecule has 0 amide bonds. The molecule has 2 aliphatic carbocycles. The van der Waals surface area contributed by atoms with Gasteiger partial charge in [-0.05, 0) is 37.8 Å². The van der Waals surface area contributed by atoms with Crippen molar-refractivity contribution < 1.29 is 0 Å².